The molecule has 1 amide bonds. The highest BCUT2D eigenvalue weighted by atomic mass is 19.4. The lowest BCUT2D eigenvalue weighted by atomic mass is 9.85. The predicted molar refractivity (Wildman–Crippen MR) is 110 cm³/mol. The molecule has 2 heterocycles. The molecule has 0 unspecified atom stereocenters. The summed E-state index contributed by atoms with van der Waals surface area (Å²) in [4.78, 5) is 14.8. The molecule has 3 aromatic rings. The Morgan fingerprint density at radius 3 is 2.42 bits per heavy atom. The number of halogens is 3. The molecular weight excluding hydrogens is 407 g/mol. The molecule has 0 saturated heterocycles. The van der Waals surface area contributed by atoms with Gasteiger partial charge in [0.25, 0.3) is 5.91 Å². The van der Waals surface area contributed by atoms with E-state index in [0.717, 1.165) is 17.8 Å². The Bertz CT molecular complexity index is 1150. The number of nitrogens with one attached hydrogen (secondary N) is 1. The van der Waals surface area contributed by atoms with Gasteiger partial charge in [0.05, 0.1) is 18.7 Å². The van der Waals surface area contributed by atoms with Crippen LogP contribution in [-0.2, 0) is 11.6 Å². The fourth-order valence-electron chi connectivity index (χ4n) is 4.00. The molecule has 0 fully saturated rings. The molecule has 0 radical (unpaired) electrons. The van der Waals surface area contributed by atoms with E-state index in [2.05, 4.69) is 10.2 Å². The second-order valence-electron chi connectivity index (χ2n) is 8.48. The maximum atomic E-state index is 13.4. The van der Waals surface area contributed by atoms with Crippen LogP contribution in [0.3, 0.4) is 0 Å². The molecule has 1 aliphatic rings. The quantitative estimate of drug-likeness (QED) is 0.599. The molecule has 5 nitrogen and oxygen atoms in total. The number of alkyl halides is 3. The molecule has 0 spiro atoms. The topological polar surface area (TPSA) is 58.2 Å². The van der Waals surface area contributed by atoms with Crippen LogP contribution < -0.4 is 9.64 Å². The predicted octanol–water partition coefficient (Wildman–Crippen LogP) is 5.48. The minimum Gasteiger partial charge on any atom is -0.496 e. The van der Waals surface area contributed by atoms with Gasteiger partial charge < -0.3 is 4.74 Å². The Hall–Kier alpha value is -3.29. The third kappa shape index (κ3) is 3.45. The number of para-hydroxylation sites is 1. The maximum absolute atomic E-state index is 13.4. The van der Waals surface area contributed by atoms with Gasteiger partial charge in [-0.1, -0.05) is 45.0 Å². The summed E-state index contributed by atoms with van der Waals surface area (Å²) in [6.07, 6.45) is -4.52. The minimum atomic E-state index is -4.52. The number of amides is 1. The number of benzene rings is 2. The van der Waals surface area contributed by atoms with Crippen LogP contribution in [0, 0.1) is 0 Å². The molecule has 1 aliphatic heterocycles. The zero-order valence-corrected chi connectivity index (χ0v) is 17.5. The summed E-state index contributed by atoms with van der Waals surface area (Å²) < 4.78 is 45.6. The van der Waals surface area contributed by atoms with Crippen molar-refractivity contribution >= 4 is 11.6 Å². The van der Waals surface area contributed by atoms with E-state index in [1.165, 1.54) is 24.1 Å². The van der Waals surface area contributed by atoms with Gasteiger partial charge >= 0.3 is 6.18 Å². The third-order valence-corrected chi connectivity index (χ3v) is 5.39. The number of aromatic nitrogens is 2. The first-order chi connectivity index (χ1) is 14.5. The van der Waals surface area contributed by atoms with Gasteiger partial charge in [0.15, 0.2) is 5.69 Å². The Morgan fingerprint density at radius 1 is 1.06 bits per heavy atom. The number of nitrogens with zero attached hydrogens (tertiary/aromatic N) is 2. The lowest BCUT2D eigenvalue weighted by Crippen LogP contribution is -2.30. The van der Waals surface area contributed by atoms with Crippen molar-refractivity contribution in [2.45, 2.75) is 38.4 Å². The Kier molecular flexibility index (Phi) is 4.83. The first-order valence-corrected chi connectivity index (χ1v) is 9.76. The van der Waals surface area contributed by atoms with Crippen LogP contribution in [0.4, 0.5) is 18.9 Å². The fraction of sp³-hybridized carbons (Fsp3) is 0.304. The highest BCUT2D eigenvalue weighted by Gasteiger charge is 2.46. The van der Waals surface area contributed by atoms with Crippen LogP contribution in [0.15, 0.2) is 48.5 Å². The van der Waals surface area contributed by atoms with Crippen molar-refractivity contribution in [1.82, 2.24) is 10.2 Å². The Labute approximate surface area is 177 Å². The molecule has 4 rings (SSSR count). The van der Waals surface area contributed by atoms with Crippen molar-refractivity contribution < 1.29 is 22.7 Å². The number of methoxy groups -OCH3 is 1. The number of hydrogen-bond acceptors (Lipinski definition) is 3. The third-order valence-electron chi connectivity index (χ3n) is 5.39. The second kappa shape index (κ2) is 7.14. The maximum Gasteiger partial charge on any atom is 0.416 e. The summed E-state index contributed by atoms with van der Waals surface area (Å²) in [6.45, 7) is 5.95. The SMILES string of the molecule is COc1ccccc1[C@@H]1c2c(n[nH]c2C(C)(C)C)C(=O)N1c1cccc(C(F)(F)F)c1. The molecule has 162 valence electrons. The molecule has 2 aromatic carbocycles. The van der Waals surface area contributed by atoms with Gasteiger partial charge in [0.2, 0.25) is 0 Å². The lowest BCUT2D eigenvalue weighted by Gasteiger charge is -2.29. The first-order valence-electron chi connectivity index (χ1n) is 9.76. The summed E-state index contributed by atoms with van der Waals surface area (Å²) in [5.74, 6) is 0.0724. The van der Waals surface area contributed by atoms with Gasteiger partial charge in [-0.25, -0.2) is 0 Å². The molecule has 0 saturated carbocycles. The lowest BCUT2D eigenvalue weighted by molar-refractivity contribution is -0.137. The van der Waals surface area contributed by atoms with Crippen molar-refractivity contribution in [2.75, 3.05) is 12.0 Å². The first kappa shape index (κ1) is 21.0. The zero-order valence-electron chi connectivity index (χ0n) is 17.5. The number of ether oxygens (including phenoxy) is 1. The summed E-state index contributed by atoms with van der Waals surface area (Å²) >= 11 is 0. The molecule has 0 bridgehead atoms. The van der Waals surface area contributed by atoms with Crippen molar-refractivity contribution in [2.24, 2.45) is 0 Å². The number of rotatable bonds is 3. The van der Waals surface area contributed by atoms with E-state index in [4.69, 9.17) is 4.74 Å². The Balaban J connectivity index is 1.97. The average molecular weight is 429 g/mol. The molecule has 1 N–H and O–H groups in total. The summed E-state index contributed by atoms with van der Waals surface area (Å²) in [5.41, 5.74) is 1.23. The highest BCUT2D eigenvalue weighted by Crippen LogP contribution is 2.47. The van der Waals surface area contributed by atoms with Crippen LogP contribution in [0.1, 0.15) is 59.7 Å². The number of H-pyrrole nitrogens is 1. The fourth-order valence-corrected chi connectivity index (χ4v) is 4.00. The van der Waals surface area contributed by atoms with Crippen molar-refractivity contribution in [3.63, 3.8) is 0 Å². The second-order valence-corrected chi connectivity index (χ2v) is 8.48. The van der Waals surface area contributed by atoms with Crippen LogP contribution >= 0.6 is 0 Å². The standard InChI is InChI=1S/C23H22F3N3O2/c1-22(2,3)20-17-18(27-28-20)21(30)29(14-9-7-8-13(12-14)23(24,25)26)19(17)15-10-5-6-11-16(15)31-4/h5-12,19H,1-4H3,(H,27,28)/t19-/m1/s1. The Morgan fingerprint density at radius 2 is 1.77 bits per heavy atom. The van der Waals surface area contributed by atoms with E-state index in [1.807, 2.05) is 32.9 Å². The van der Waals surface area contributed by atoms with Crippen molar-refractivity contribution in [3.8, 4) is 5.75 Å². The van der Waals surface area contributed by atoms with Crippen LogP contribution in [0.5, 0.6) is 5.75 Å². The number of fused-ring (bicyclic) bond motifs is 1. The minimum absolute atomic E-state index is 0.147. The van der Waals surface area contributed by atoms with Crippen LogP contribution in [0.2, 0.25) is 0 Å². The van der Waals surface area contributed by atoms with E-state index >= 15 is 0 Å². The molecule has 0 aliphatic carbocycles. The number of aromatic amines is 1. The van der Waals surface area contributed by atoms with Gasteiger partial charge in [-0.3, -0.25) is 14.8 Å². The van der Waals surface area contributed by atoms with Crippen molar-refractivity contribution in [3.05, 3.63) is 76.6 Å². The molecule has 8 heteroatoms. The number of anilines is 1. The largest absolute Gasteiger partial charge is 0.496 e. The smallest absolute Gasteiger partial charge is 0.416 e. The summed E-state index contributed by atoms with van der Waals surface area (Å²) in [6, 6.07) is 11.3. The number of carbonyl (C=O) groups is 1. The monoisotopic (exact) mass is 429 g/mol. The zero-order chi connectivity index (χ0) is 22.6. The van der Waals surface area contributed by atoms with Crippen molar-refractivity contribution in [1.29, 1.82) is 0 Å². The van der Waals surface area contributed by atoms with Gasteiger partial charge in [0.1, 0.15) is 5.75 Å². The number of carbonyl (C=O) groups excluding carboxylic acids is 1. The molecule has 1 aromatic heterocycles. The average Bonchev–Trinajstić information content (AvgIpc) is 3.26. The van der Waals surface area contributed by atoms with E-state index in [0.29, 0.717) is 16.9 Å². The van der Waals surface area contributed by atoms with Crippen LogP contribution in [0.25, 0.3) is 0 Å². The van der Waals surface area contributed by atoms with Gasteiger partial charge in [-0.05, 0) is 24.3 Å². The number of hydrogen-bond donors (Lipinski definition) is 1. The van der Waals surface area contributed by atoms with E-state index in [-0.39, 0.29) is 16.8 Å². The highest BCUT2D eigenvalue weighted by molar-refractivity contribution is 6.11. The van der Waals surface area contributed by atoms with E-state index < -0.39 is 23.7 Å². The van der Waals surface area contributed by atoms with Gasteiger partial charge in [-0.15, -0.1) is 0 Å². The summed E-state index contributed by atoms with van der Waals surface area (Å²) in [7, 11) is 1.52. The normalized spacial score (nSPS) is 16.5. The molecule has 1 atom stereocenters. The van der Waals surface area contributed by atoms with Gasteiger partial charge in [-0.2, -0.15) is 18.3 Å². The van der Waals surface area contributed by atoms with Gasteiger partial charge in [0, 0.05) is 27.9 Å². The van der Waals surface area contributed by atoms with E-state index in [1.54, 1.807) is 12.1 Å². The molecule has 31 heavy (non-hydrogen) atoms. The van der Waals surface area contributed by atoms with Crippen LogP contribution in [-0.4, -0.2) is 23.2 Å². The summed E-state index contributed by atoms with van der Waals surface area (Å²) in [5, 5.41) is 7.22. The molecular formula is C23H22F3N3O2. The van der Waals surface area contributed by atoms with E-state index in [9.17, 15) is 18.0 Å².